The Morgan fingerprint density at radius 3 is 2.70 bits per heavy atom. The Morgan fingerprint density at radius 2 is 2.05 bits per heavy atom. The van der Waals surface area contributed by atoms with Crippen molar-refractivity contribution in [1.29, 1.82) is 0 Å². The number of benzene rings is 1. The maximum atomic E-state index is 11.9. The van der Waals surface area contributed by atoms with Crippen molar-refractivity contribution in [3.8, 4) is 0 Å². The van der Waals surface area contributed by atoms with Crippen molar-refractivity contribution in [3.63, 3.8) is 0 Å². The molecule has 0 saturated carbocycles. The maximum absolute atomic E-state index is 11.9. The van der Waals surface area contributed by atoms with E-state index in [-0.39, 0.29) is 16.9 Å². The second-order valence-electron chi connectivity index (χ2n) is 3.82. The summed E-state index contributed by atoms with van der Waals surface area (Å²) in [6.07, 6.45) is 1.35. The Bertz CT molecular complexity index is 741. The van der Waals surface area contributed by atoms with E-state index in [0.29, 0.717) is 4.47 Å². The fourth-order valence-electron chi connectivity index (χ4n) is 1.52. The number of H-pyrrole nitrogens is 1. The van der Waals surface area contributed by atoms with E-state index < -0.39 is 16.4 Å². The third kappa shape index (κ3) is 3.09. The first-order valence-corrected chi connectivity index (χ1v) is 6.21. The molecule has 0 aliphatic carbocycles. The number of anilines is 1. The number of hydrogen-bond donors (Lipinski definition) is 2. The second kappa shape index (κ2) is 5.66. The van der Waals surface area contributed by atoms with E-state index in [1.54, 1.807) is 0 Å². The zero-order chi connectivity index (χ0) is 14.7. The van der Waals surface area contributed by atoms with Crippen molar-refractivity contribution in [2.75, 3.05) is 5.32 Å². The quantitative estimate of drug-likeness (QED) is 0.662. The third-order valence-corrected chi connectivity index (χ3v) is 3.11. The summed E-state index contributed by atoms with van der Waals surface area (Å²) in [6.45, 7) is 0. The number of nitro benzene ring substituents is 1. The molecule has 102 valence electrons. The summed E-state index contributed by atoms with van der Waals surface area (Å²) < 4.78 is 0.316. The van der Waals surface area contributed by atoms with Gasteiger partial charge in [0.2, 0.25) is 5.56 Å². The number of carbonyl (C=O) groups excluding carboxylic acids is 1. The largest absolute Gasteiger partial charge is 0.329 e. The van der Waals surface area contributed by atoms with Gasteiger partial charge in [0.15, 0.2) is 0 Å². The molecule has 0 aliphatic heterocycles. The number of aromatic nitrogens is 1. The zero-order valence-corrected chi connectivity index (χ0v) is 11.5. The Labute approximate surface area is 120 Å². The average Bonchev–Trinajstić information content (AvgIpc) is 2.40. The van der Waals surface area contributed by atoms with Crippen LogP contribution in [0.1, 0.15) is 10.4 Å². The van der Waals surface area contributed by atoms with Crippen LogP contribution in [0.2, 0.25) is 0 Å². The normalized spacial score (nSPS) is 10.1. The Balaban J connectivity index is 2.26. The molecule has 0 atom stereocenters. The van der Waals surface area contributed by atoms with Gasteiger partial charge in [0.25, 0.3) is 11.6 Å². The Kier molecular flexibility index (Phi) is 3.94. The molecule has 0 saturated heterocycles. The topological polar surface area (TPSA) is 105 Å². The van der Waals surface area contributed by atoms with Crippen LogP contribution in [-0.2, 0) is 0 Å². The van der Waals surface area contributed by atoms with Gasteiger partial charge in [-0.1, -0.05) is 0 Å². The van der Waals surface area contributed by atoms with Gasteiger partial charge in [0, 0.05) is 29.6 Å². The van der Waals surface area contributed by atoms with Crippen LogP contribution in [0.4, 0.5) is 11.4 Å². The van der Waals surface area contributed by atoms with Crippen molar-refractivity contribution >= 4 is 33.2 Å². The summed E-state index contributed by atoms with van der Waals surface area (Å²) in [5.41, 5.74) is -0.127. The van der Waals surface area contributed by atoms with E-state index in [1.165, 1.54) is 30.5 Å². The molecule has 1 amide bonds. The number of halogens is 1. The van der Waals surface area contributed by atoms with E-state index in [4.69, 9.17) is 0 Å². The number of hydrogen-bond acceptors (Lipinski definition) is 4. The van der Waals surface area contributed by atoms with Crippen LogP contribution in [-0.4, -0.2) is 15.8 Å². The lowest BCUT2D eigenvalue weighted by molar-refractivity contribution is -0.385. The minimum absolute atomic E-state index is 0.159. The molecule has 0 bridgehead atoms. The summed E-state index contributed by atoms with van der Waals surface area (Å²) in [7, 11) is 0. The molecule has 2 aromatic rings. The predicted molar refractivity (Wildman–Crippen MR) is 75.8 cm³/mol. The molecule has 0 unspecified atom stereocenters. The molecule has 0 fully saturated rings. The summed E-state index contributed by atoms with van der Waals surface area (Å²) in [6, 6.07) is 6.79. The standard InChI is InChI=1S/C12H8BrN3O4/c13-9-2-1-8(6-10(9)16(19)20)15-12(18)7-3-4-14-11(17)5-7/h1-6H,(H,14,17)(H,15,18). The minimum Gasteiger partial charge on any atom is -0.329 e. The monoisotopic (exact) mass is 337 g/mol. The van der Waals surface area contributed by atoms with E-state index in [1.807, 2.05) is 0 Å². The fourth-order valence-corrected chi connectivity index (χ4v) is 1.91. The van der Waals surface area contributed by atoms with Crippen LogP contribution >= 0.6 is 15.9 Å². The highest BCUT2D eigenvalue weighted by atomic mass is 79.9. The number of nitro groups is 1. The van der Waals surface area contributed by atoms with Crippen LogP contribution in [0.3, 0.4) is 0 Å². The number of nitrogens with one attached hydrogen (secondary N) is 2. The van der Waals surface area contributed by atoms with Gasteiger partial charge in [-0.2, -0.15) is 0 Å². The van der Waals surface area contributed by atoms with Crippen molar-refractivity contribution in [3.05, 3.63) is 67.0 Å². The lowest BCUT2D eigenvalue weighted by atomic mass is 10.2. The van der Waals surface area contributed by atoms with Gasteiger partial charge < -0.3 is 10.3 Å². The number of aromatic amines is 1. The zero-order valence-electron chi connectivity index (χ0n) is 9.92. The first-order chi connectivity index (χ1) is 9.47. The van der Waals surface area contributed by atoms with E-state index in [2.05, 4.69) is 26.2 Å². The van der Waals surface area contributed by atoms with E-state index >= 15 is 0 Å². The highest BCUT2D eigenvalue weighted by Crippen LogP contribution is 2.27. The van der Waals surface area contributed by atoms with Crippen LogP contribution < -0.4 is 10.9 Å². The number of amides is 1. The summed E-state index contributed by atoms with van der Waals surface area (Å²) in [5.74, 6) is -0.521. The minimum atomic E-state index is -0.563. The fraction of sp³-hybridized carbons (Fsp3) is 0. The smallest absolute Gasteiger partial charge is 0.285 e. The lowest BCUT2D eigenvalue weighted by Gasteiger charge is -2.05. The molecule has 2 N–H and O–H groups in total. The second-order valence-corrected chi connectivity index (χ2v) is 4.67. The molecule has 0 spiro atoms. The van der Waals surface area contributed by atoms with E-state index in [9.17, 15) is 19.7 Å². The highest BCUT2D eigenvalue weighted by molar-refractivity contribution is 9.10. The highest BCUT2D eigenvalue weighted by Gasteiger charge is 2.14. The van der Waals surface area contributed by atoms with Gasteiger partial charge >= 0.3 is 0 Å². The van der Waals surface area contributed by atoms with Crippen molar-refractivity contribution in [2.45, 2.75) is 0 Å². The molecular formula is C12H8BrN3O4. The van der Waals surface area contributed by atoms with Crippen LogP contribution in [0.5, 0.6) is 0 Å². The number of pyridine rings is 1. The average molecular weight is 338 g/mol. The van der Waals surface area contributed by atoms with Crippen molar-refractivity contribution in [1.82, 2.24) is 4.98 Å². The first-order valence-electron chi connectivity index (χ1n) is 5.41. The van der Waals surface area contributed by atoms with E-state index in [0.717, 1.165) is 6.07 Å². The first kappa shape index (κ1) is 13.9. The molecule has 8 heteroatoms. The molecule has 1 heterocycles. The number of nitrogens with zero attached hydrogens (tertiary/aromatic N) is 1. The van der Waals surface area contributed by atoms with Crippen LogP contribution in [0.25, 0.3) is 0 Å². The van der Waals surface area contributed by atoms with Gasteiger partial charge in [-0.15, -0.1) is 0 Å². The van der Waals surface area contributed by atoms with Gasteiger partial charge in [-0.25, -0.2) is 0 Å². The molecule has 1 aromatic carbocycles. The van der Waals surface area contributed by atoms with Gasteiger partial charge in [0.05, 0.1) is 9.40 Å². The van der Waals surface area contributed by atoms with Gasteiger partial charge in [-0.3, -0.25) is 19.7 Å². The SMILES string of the molecule is O=C(Nc1ccc(Br)c([N+](=O)[O-])c1)c1cc[nH]c(=O)c1. The number of rotatable bonds is 3. The molecule has 2 rings (SSSR count). The van der Waals surface area contributed by atoms with Crippen LogP contribution in [0, 0.1) is 10.1 Å². The number of carbonyl (C=O) groups is 1. The molecule has 7 nitrogen and oxygen atoms in total. The van der Waals surface area contributed by atoms with Crippen LogP contribution in [0.15, 0.2) is 45.8 Å². The molecule has 1 aromatic heterocycles. The molecular weight excluding hydrogens is 330 g/mol. The summed E-state index contributed by atoms with van der Waals surface area (Å²) in [5, 5.41) is 13.3. The third-order valence-electron chi connectivity index (χ3n) is 2.44. The van der Waals surface area contributed by atoms with Crippen molar-refractivity contribution < 1.29 is 9.72 Å². The summed E-state index contributed by atoms with van der Waals surface area (Å²) in [4.78, 5) is 35.6. The predicted octanol–water partition coefficient (Wildman–Crippen LogP) is 2.30. The maximum Gasteiger partial charge on any atom is 0.285 e. The Morgan fingerprint density at radius 1 is 1.30 bits per heavy atom. The van der Waals surface area contributed by atoms with Crippen molar-refractivity contribution in [2.24, 2.45) is 0 Å². The molecule has 0 radical (unpaired) electrons. The molecule has 20 heavy (non-hydrogen) atoms. The van der Waals surface area contributed by atoms with Gasteiger partial charge in [0.1, 0.15) is 0 Å². The summed E-state index contributed by atoms with van der Waals surface area (Å²) >= 11 is 3.05. The molecule has 0 aliphatic rings. The Hall–Kier alpha value is -2.48. The van der Waals surface area contributed by atoms with Gasteiger partial charge in [-0.05, 0) is 34.1 Å². The lowest BCUT2D eigenvalue weighted by Crippen LogP contribution is -2.15.